The van der Waals surface area contributed by atoms with E-state index >= 15 is 0 Å². The zero-order valence-corrected chi connectivity index (χ0v) is 9.60. The van der Waals surface area contributed by atoms with Crippen LogP contribution in [0.1, 0.15) is 30.1 Å². The van der Waals surface area contributed by atoms with Gasteiger partial charge in [0, 0.05) is 0 Å². The average molecular weight is 235 g/mol. The zero-order valence-electron chi connectivity index (χ0n) is 9.60. The molecule has 0 amide bonds. The van der Waals surface area contributed by atoms with E-state index < -0.39 is 11.4 Å². The van der Waals surface area contributed by atoms with Gasteiger partial charge in [0.25, 0.3) is 0 Å². The lowest BCUT2D eigenvalue weighted by atomic mass is 9.95. The van der Waals surface area contributed by atoms with E-state index in [1.165, 1.54) is 6.07 Å². The predicted octanol–water partition coefficient (Wildman–Crippen LogP) is 1.80. The third-order valence-corrected chi connectivity index (χ3v) is 2.62. The van der Waals surface area contributed by atoms with Crippen molar-refractivity contribution in [1.82, 2.24) is 4.98 Å². The van der Waals surface area contributed by atoms with Crippen molar-refractivity contribution in [2.75, 3.05) is 6.61 Å². The summed E-state index contributed by atoms with van der Waals surface area (Å²) in [5, 5.41) is 18.3. The van der Waals surface area contributed by atoms with Crippen LogP contribution in [0.15, 0.2) is 22.6 Å². The van der Waals surface area contributed by atoms with Crippen LogP contribution in [0, 0.1) is 0 Å². The number of carboxylic acid groups (broad SMARTS) is 1. The molecule has 2 aromatic rings. The van der Waals surface area contributed by atoms with E-state index in [4.69, 9.17) is 9.52 Å². The van der Waals surface area contributed by atoms with Crippen LogP contribution in [0.4, 0.5) is 0 Å². The molecule has 1 aromatic heterocycles. The van der Waals surface area contributed by atoms with Crippen LogP contribution >= 0.6 is 0 Å². The molecule has 0 aliphatic rings. The van der Waals surface area contributed by atoms with Gasteiger partial charge in [-0.05, 0) is 26.0 Å². The molecule has 0 radical (unpaired) electrons. The second kappa shape index (κ2) is 3.85. The molecular formula is C12H13NO4. The lowest BCUT2D eigenvalue weighted by Crippen LogP contribution is -2.22. The maximum Gasteiger partial charge on any atom is 0.338 e. The van der Waals surface area contributed by atoms with Crippen LogP contribution in [-0.4, -0.2) is 27.8 Å². The number of aromatic nitrogens is 1. The van der Waals surface area contributed by atoms with Crippen LogP contribution in [0.3, 0.4) is 0 Å². The first-order chi connectivity index (χ1) is 7.95. The molecule has 1 heterocycles. The summed E-state index contributed by atoms with van der Waals surface area (Å²) in [4.78, 5) is 15.2. The van der Waals surface area contributed by atoms with E-state index in [0.717, 1.165) is 0 Å². The lowest BCUT2D eigenvalue weighted by Gasteiger charge is -2.15. The fourth-order valence-electron chi connectivity index (χ4n) is 1.48. The van der Waals surface area contributed by atoms with Crippen LogP contribution in [0.2, 0.25) is 0 Å². The zero-order chi connectivity index (χ0) is 12.6. The Morgan fingerprint density at radius 1 is 1.47 bits per heavy atom. The van der Waals surface area contributed by atoms with Crippen molar-refractivity contribution in [3.05, 3.63) is 29.7 Å². The summed E-state index contributed by atoms with van der Waals surface area (Å²) < 4.78 is 5.48. The number of carboxylic acids is 1. The Balaban J connectivity index is 2.66. The fourth-order valence-corrected chi connectivity index (χ4v) is 1.48. The van der Waals surface area contributed by atoms with E-state index in [2.05, 4.69) is 4.98 Å². The van der Waals surface area contributed by atoms with Crippen molar-refractivity contribution in [3.63, 3.8) is 0 Å². The fraction of sp³-hybridized carbons (Fsp3) is 0.333. The Kier molecular flexibility index (Phi) is 2.63. The first-order valence-corrected chi connectivity index (χ1v) is 5.20. The van der Waals surface area contributed by atoms with Gasteiger partial charge in [-0.15, -0.1) is 0 Å². The smallest absolute Gasteiger partial charge is 0.338 e. The van der Waals surface area contributed by atoms with E-state index in [9.17, 15) is 9.90 Å². The second-order valence-corrected chi connectivity index (χ2v) is 4.52. The molecule has 0 aliphatic heterocycles. The van der Waals surface area contributed by atoms with Crippen LogP contribution in [0.5, 0.6) is 0 Å². The number of benzene rings is 1. The summed E-state index contributed by atoms with van der Waals surface area (Å²) in [5.74, 6) is -0.707. The highest BCUT2D eigenvalue weighted by Crippen LogP contribution is 2.27. The summed E-state index contributed by atoms with van der Waals surface area (Å²) >= 11 is 0. The highest BCUT2D eigenvalue weighted by atomic mass is 16.4. The second-order valence-electron chi connectivity index (χ2n) is 4.52. The topological polar surface area (TPSA) is 83.6 Å². The molecule has 1 aromatic carbocycles. The van der Waals surface area contributed by atoms with Gasteiger partial charge in [0.05, 0.1) is 17.6 Å². The summed E-state index contributed by atoms with van der Waals surface area (Å²) in [5.41, 5.74) is 0.207. The van der Waals surface area contributed by atoms with Gasteiger partial charge < -0.3 is 14.6 Å². The predicted molar refractivity (Wildman–Crippen MR) is 61.1 cm³/mol. The molecule has 0 bridgehead atoms. The number of aliphatic hydroxyl groups is 1. The first-order valence-electron chi connectivity index (χ1n) is 5.20. The van der Waals surface area contributed by atoms with E-state index in [-0.39, 0.29) is 12.2 Å². The number of para-hydroxylation sites is 1. The van der Waals surface area contributed by atoms with E-state index in [0.29, 0.717) is 17.0 Å². The normalized spacial score (nSPS) is 11.9. The standard InChI is InChI=1S/C12H13NO4/c1-12(2,6-14)11-13-9-7(10(15)16)4-3-5-8(9)17-11/h3-5,14H,6H2,1-2H3,(H,15,16). The third kappa shape index (κ3) is 1.89. The number of oxazole rings is 1. The molecule has 5 nitrogen and oxygen atoms in total. The molecule has 5 heteroatoms. The van der Waals surface area contributed by atoms with Crippen molar-refractivity contribution in [1.29, 1.82) is 0 Å². The molecule has 17 heavy (non-hydrogen) atoms. The molecular weight excluding hydrogens is 222 g/mol. The average Bonchev–Trinajstić information content (AvgIpc) is 2.72. The van der Waals surface area contributed by atoms with Crippen LogP contribution in [0.25, 0.3) is 11.1 Å². The van der Waals surface area contributed by atoms with Gasteiger partial charge in [-0.2, -0.15) is 0 Å². The minimum Gasteiger partial charge on any atom is -0.478 e. The molecule has 0 saturated heterocycles. The van der Waals surface area contributed by atoms with E-state index in [1.54, 1.807) is 26.0 Å². The summed E-state index contributed by atoms with van der Waals surface area (Å²) in [7, 11) is 0. The molecule has 0 spiro atoms. The van der Waals surface area contributed by atoms with E-state index in [1.807, 2.05) is 0 Å². The minimum atomic E-state index is -1.04. The number of hydrogen-bond donors (Lipinski definition) is 2. The number of rotatable bonds is 3. The molecule has 0 unspecified atom stereocenters. The van der Waals surface area contributed by atoms with Gasteiger partial charge in [0.2, 0.25) is 5.89 Å². The molecule has 0 fully saturated rings. The number of aliphatic hydroxyl groups excluding tert-OH is 1. The van der Waals surface area contributed by atoms with Crippen molar-refractivity contribution in [3.8, 4) is 0 Å². The quantitative estimate of drug-likeness (QED) is 0.847. The van der Waals surface area contributed by atoms with Crippen molar-refractivity contribution in [2.24, 2.45) is 0 Å². The van der Waals surface area contributed by atoms with Crippen molar-refractivity contribution < 1.29 is 19.4 Å². The Labute approximate surface area is 97.7 Å². The maximum absolute atomic E-state index is 11.0. The minimum absolute atomic E-state index is 0.103. The van der Waals surface area contributed by atoms with Crippen molar-refractivity contribution in [2.45, 2.75) is 19.3 Å². The van der Waals surface area contributed by atoms with Gasteiger partial charge in [-0.1, -0.05) is 6.07 Å². The highest BCUT2D eigenvalue weighted by molar-refractivity contribution is 6.00. The lowest BCUT2D eigenvalue weighted by molar-refractivity contribution is 0.0699. The van der Waals surface area contributed by atoms with Gasteiger partial charge in [-0.3, -0.25) is 0 Å². The summed E-state index contributed by atoms with van der Waals surface area (Å²) in [6.07, 6.45) is 0. The molecule has 2 rings (SSSR count). The number of fused-ring (bicyclic) bond motifs is 1. The van der Waals surface area contributed by atoms with Gasteiger partial charge in [-0.25, -0.2) is 9.78 Å². The Morgan fingerprint density at radius 2 is 2.18 bits per heavy atom. The summed E-state index contributed by atoms with van der Waals surface area (Å²) in [6.45, 7) is 3.43. The molecule has 0 aliphatic carbocycles. The number of hydrogen-bond acceptors (Lipinski definition) is 4. The number of aromatic carboxylic acids is 1. The molecule has 90 valence electrons. The highest BCUT2D eigenvalue weighted by Gasteiger charge is 2.27. The van der Waals surface area contributed by atoms with Gasteiger partial charge in [0.1, 0.15) is 5.52 Å². The molecule has 0 atom stereocenters. The molecule has 0 saturated carbocycles. The van der Waals surface area contributed by atoms with Crippen molar-refractivity contribution >= 4 is 17.1 Å². The Bertz CT molecular complexity index is 571. The van der Waals surface area contributed by atoms with Crippen LogP contribution < -0.4 is 0 Å². The molecule has 2 N–H and O–H groups in total. The van der Waals surface area contributed by atoms with Gasteiger partial charge in [0.15, 0.2) is 5.58 Å². The monoisotopic (exact) mass is 235 g/mol. The first kappa shape index (κ1) is 11.6. The number of carbonyl (C=O) groups is 1. The Hall–Kier alpha value is -1.88. The third-order valence-electron chi connectivity index (χ3n) is 2.62. The van der Waals surface area contributed by atoms with Crippen LogP contribution in [-0.2, 0) is 5.41 Å². The SMILES string of the molecule is CC(C)(CO)c1nc2c(C(=O)O)cccc2o1. The summed E-state index contributed by atoms with van der Waals surface area (Å²) in [6, 6.07) is 4.74. The number of nitrogens with zero attached hydrogens (tertiary/aromatic N) is 1. The largest absolute Gasteiger partial charge is 0.478 e. The maximum atomic E-state index is 11.0. The van der Waals surface area contributed by atoms with Gasteiger partial charge >= 0.3 is 5.97 Å². The Morgan fingerprint density at radius 3 is 2.76 bits per heavy atom.